The van der Waals surface area contributed by atoms with Crippen molar-refractivity contribution in [3.05, 3.63) is 45.8 Å². The fourth-order valence-corrected chi connectivity index (χ4v) is 5.01. The van der Waals surface area contributed by atoms with Crippen LogP contribution in [0.25, 0.3) is 0 Å². The van der Waals surface area contributed by atoms with Gasteiger partial charge in [0, 0.05) is 11.3 Å². The van der Waals surface area contributed by atoms with E-state index in [0.717, 1.165) is 42.6 Å². The summed E-state index contributed by atoms with van der Waals surface area (Å²) in [6, 6.07) is 7.70. The van der Waals surface area contributed by atoms with Gasteiger partial charge in [-0.25, -0.2) is 4.79 Å². The Morgan fingerprint density at radius 2 is 1.96 bits per heavy atom. The van der Waals surface area contributed by atoms with Crippen LogP contribution in [0, 0.1) is 5.92 Å². The average molecular weight is 402 g/mol. The van der Waals surface area contributed by atoms with Gasteiger partial charge in [-0.15, -0.1) is 11.3 Å². The SMILES string of the molecule is CCC1CCc2c(sc(NC(=O)CCc3ccc(OC)cc3)c2C(=O)OC)C1. The molecule has 1 aromatic heterocycles. The summed E-state index contributed by atoms with van der Waals surface area (Å²) >= 11 is 1.53. The van der Waals surface area contributed by atoms with E-state index in [4.69, 9.17) is 9.47 Å². The van der Waals surface area contributed by atoms with Gasteiger partial charge in [-0.1, -0.05) is 25.5 Å². The molecule has 5 nitrogen and oxygen atoms in total. The van der Waals surface area contributed by atoms with Crippen molar-refractivity contribution in [2.45, 2.75) is 45.4 Å². The lowest BCUT2D eigenvalue weighted by Gasteiger charge is -2.20. The molecule has 0 bridgehead atoms. The zero-order valence-electron chi connectivity index (χ0n) is 16.7. The summed E-state index contributed by atoms with van der Waals surface area (Å²) in [5, 5.41) is 3.60. The molecule has 1 atom stereocenters. The number of rotatable bonds is 7. The van der Waals surface area contributed by atoms with E-state index in [9.17, 15) is 9.59 Å². The number of thiophene rings is 1. The molecule has 0 spiro atoms. The standard InChI is InChI=1S/C22H27NO4S/c1-4-14-7-11-17-18(13-14)28-21(20(17)22(25)27-3)23-19(24)12-8-15-5-9-16(26-2)10-6-15/h5-6,9-10,14H,4,7-8,11-13H2,1-3H3,(H,23,24). The first-order valence-electron chi connectivity index (χ1n) is 9.71. The Morgan fingerprint density at radius 1 is 1.21 bits per heavy atom. The van der Waals surface area contributed by atoms with Crippen LogP contribution in [0.1, 0.15) is 52.5 Å². The minimum Gasteiger partial charge on any atom is -0.497 e. The molecule has 2 aromatic rings. The van der Waals surface area contributed by atoms with Gasteiger partial charge in [-0.3, -0.25) is 4.79 Å². The number of aryl methyl sites for hydroxylation is 1. The molecule has 1 amide bonds. The monoisotopic (exact) mass is 401 g/mol. The molecular weight excluding hydrogens is 374 g/mol. The van der Waals surface area contributed by atoms with Gasteiger partial charge in [0.15, 0.2) is 0 Å². The number of hydrogen-bond acceptors (Lipinski definition) is 5. The van der Waals surface area contributed by atoms with Gasteiger partial charge in [0.2, 0.25) is 5.91 Å². The molecule has 0 saturated carbocycles. The minimum atomic E-state index is -0.363. The number of methoxy groups -OCH3 is 2. The third-order valence-electron chi connectivity index (χ3n) is 5.39. The van der Waals surface area contributed by atoms with Crippen LogP contribution in [0.2, 0.25) is 0 Å². The maximum absolute atomic E-state index is 12.5. The molecule has 0 saturated heterocycles. The first-order chi connectivity index (χ1) is 13.5. The molecular formula is C22H27NO4S. The third kappa shape index (κ3) is 4.55. The van der Waals surface area contributed by atoms with E-state index in [-0.39, 0.29) is 11.9 Å². The molecule has 0 radical (unpaired) electrons. The molecule has 1 aliphatic rings. The predicted octanol–water partition coefficient (Wildman–Crippen LogP) is 4.63. The second-order valence-corrected chi connectivity index (χ2v) is 8.22. The zero-order chi connectivity index (χ0) is 20.1. The molecule has 3 rings (SSSR count). The third-order valence-corrected chi connectivity index (χ3v) is 6.56. The molecule has 1 aliphatic carbocycles. The van der Waals surface area contributed by atoms with Crippen molar-refractivity contribution in [1.29, 1.82) is 0 Å². The molecule has 1 heterocycles. The lowest BCUT2D eigenvalue weighted by atomic mass is 9.85. The molecule has 1 aromatic carbocycles. The Bertz CT molecular complexity index is 841. The Kier molecular flexibility index (Phi) is 6.73. The summed E-state index contributed by atoms with van der Waals surface area (Å²) < 4.78 is 10.1. The van der Waals surface area contributed by atoms with Gasteiger partial charge in [-0.05, 0) is 54.9 Å². The van der Waals surface area contributed by atoms with Crippen molar-refractivity contribution >= 4 is 28.2 Å². The van der Waals surface area contributed by atoms with Crippen LogP contribution < -0.4 is 10.1 Å². The van der Waals surface area contributed by atoms with Crippen LogP contribution in [-0.4, -0.2) is 26.1 Å². The van der Waals surface area contributed by atoms with Crippen LogP contribution in [0.3, 0.4) is 0 Å². The first-order valence-corrected chi connectivity index (χ1v) is 10.5. The van der Waals surface area contributed by atoms with E-state index in [1.165, 1.54) is 23.3 Å². The average Bonchev–Trinajstić information content (AvgIpc) is 3.08. The summed E-state index contributed by atoms with van der Waals surface area (Å²) in [6.07, 6.45) is 5.04. The van der Waals surface area contributed by atoms with E-state index >= 15 is 0 Å². The quantitative estimate of drug-likeness (QED) is 0.687. The fourth-order valence-electron chi connectivity index (χ4n) is 3.65. The number of benzene rings is 1. The molecule has 0 aliphatic heterocycles. The Labute approximate surface area is 170 Å². The Balaban J connectivity index is 1.70. The predicted molar refractivity (Wildman–Crippen MR) is 111 cm³/mol. The van der Waals surface area contributed by atoms with Gasteiger partial charge in [0.05, 0.1) is 19.8 Å². The van der Waals surface area contributed by atoms with Gasteiger partial charge in [0.25, 0.3) is 0 Å². The van der Waals surface area contributed by atoms with Crippen molar-refractivity contribution in [3.63, 3.8) is 0 Å². The second kappa shape index (κ2) is 9.24. The number of nitrogens with one attached hydrogen (secondary N) is 1. The molecule has 28 heavy (non-hydrogen) atoms. The van der Waals surface area contributed by atoms with Crippen molar-refractivity contribution < 1.29 is 19.1 Å². The van der Waals surface area contributed by atoms with Crippen molar-refractivity contribution in [1.82, 2.24) is 0 Å². The van der Waals surface area contributed by atoms with E-state index < -0.39 is 0 Å². The van der Waals surface area contributed by atoms with Crippen LogP contribution in [0.5, 0.6) is 5.75 Å². The first kappa shape index (κ1) is 20.4. The normalized spacial score (nSPS) is 15.6. The number of hydrogen-bond donors (Lipinski definition) is 1. The lowest BCUT2D eigenvalue weighted by molar-refractivity contribution is -0.116. The highest BCUT2D eigenvalue weighted by molar-refractivity contribution is 7.17. The number of carbonyl (C=O) groups excluding carboxylic acids is 2. The Morgan fingerprint density at radius 3 is 2.61 bits per heavy atom. The topological polar surface area (TPSA) is 64.6 Å². The number of esters is 1. The van der Waals surface area contributed by atoms with Crippen molar-refractivity contribution in [2.75, 3.05) is 19.5 Å². The molecule has 150 valence electrons. The highest BCUT2D eigenvalue weighted by atomic mass is 32.1. The summed E-state index contributed by atoms with van der Waals surface area (Å²) in [4.78, 5) is 26.1. The van der Waals surface area contributed by atoms with E-state index in [1.807, 2.05) is 24.3 Å². The van der Waals surface area contributed by atoms with Crippen molar-refractivity contribution in [3.8, 4) is 5.75 Å². The van der Waals surface area contributed by atoms with Crippen LogP contribution in [0.4, 0.5) is 5.00 Å². The highest BCUT2D eigenvalue weighted by Gasteiger charge is 2.29. The second-order valence-electron chi connectivity index (χ2n) is 7.11. The van der Waals surface area contributed by atoms with E-state index in [2.05, 4.69) is 12.2 Å². The van der Waals surface area contributed by atoms with Crippen molar-refractivity contribution in [2.24, 2.45) is 5.92 Å². The highest BCUT2D eigenvalue weighted by Crippen LogP contribution is 2.40. The van der Waals surface area contributed by atoms with Gasteiger partial charge < -0.3 is 14.8 Å². The maximum atomic E-state index is 12.5. The molecule has 6 heteroatoms. The van der Waals surface area contributed by atoms with Crippen LogP contribution in [-0.2, 0) is 28.8 Å². The van der Waals surface area contributed by atoms with Crippen LogP contribution in [0.15, 0.2) is 24.3 Å². The number of carbonyl (C=O) groups is 2. The maximum Gasteiger partial charge on any atom is 0.341 e. The van der Waals surface area contributed by atoms with Gasteiger partial charge in [-0.2, -0.15) is 0 Å². The summed E-state index contributed by atoms with van der Waals surface area (Å²) in [5.41, 5.74) is 2.68. The Hall–Kier alpha value is -2.34. The van der Waals surface area contributed by atoms with E-state index in [1.54, 1.807) is 7.11 Å². The fraction of sp³-hybridized carbons (Fsp3) is 0.455. The number of ether oxygens (including phenoxy) is 2. The van der Waals surface area contributed by atoms with Gasteiger partial charge in [0.1, 0.15) is 10.8 Å². The summed E-state index contributed by atoms with van der Waals surface area (Å²) in [7, 11) is 3.02. The molecule has 1 N–H and O–H groups in total. The molecule has 0 fully saturated rings. The van der Waals surface area contributed by atoms with Crippen LogP contribution >= 0.6 is 11.3 Å². The molecule has 1 unspecified atom stereocenters. The number of amides is 1. The smallest absolute Gasteiger partial charge is 0.341 e. The van der Waals surface area contributed by atoms with Gasteiger partial charge >= 0.3 is 5.97 Å². The van der Waals surface area contributed by atoms with E-state index in [0.29, 0.717) is 29.3 Å². The number of anilines is 1. The zero-order valence-corrected chi connectivity index (χ0v) is 17.5. The largest absolute Gasteiger partial charge is 0.497 e. The summed E-state index contributed by atoms with van der Waals surface area (Å²) in [6.45, 7) is 2.20. The number of fused-ring (bicyclic) bond motifs is 1. The summed E-state index contributed by atoms with van der Waals surface area (Å²) in [5.74, 6) is 0.991. The lowest BCUT2D eigenvalue weighted by Crippen LogP contribution is -2.16. The minimum absolute atomic E-state index is 0.0911.